The summed E-state index contributed by atoms with van der Waals surface area (Å²) >= 11 is 11.9. The molecule has 3 rings (SSSR count). The van der Waals surface area contributed by atoms with Crippen LogP contribution in [0.4, 0.5) is 5.69 Å². The quantitative estimate of drug-likeness (QED) is 0.685. The number of carbonyl (C=O) groups is 1. The van der Waals surface area contributed by atoms with Gasteiger partial charge in [0.25, 0.3) is 5.91 Å². The van der Waals surface area contributed by atoms with Crippen molar-refractivity contribution < 1.29 is 9.21 Å². The van der Waals surface area contributed by atoms with Crippen LogP contribution in [0.15, 0.2) is 51.7 Å². The molecular weight excluding hydrogens is 337 g/mol. The summed E-state index contributed by atoms with van der Waals surface area (Å²) in [6.45, 7) is 1.78. The maximum atomic E-state index is 12.4. The smallest absolute Gasteiger partial charge is 0.349 e. The molecule has 2 aromatic carbocycles. The Kier molecular flexibility index (Phi) is 4.11. The van der Waals surface area contributed by atoms with Crippen molar-refractivity contribution in [2.24, 2.45) is 0 Å². The van der Waals surface area contributed by atoms with E-state index in [1.54, 1.807) is 43.3 Å². The van der Waals surface area contributed by atoms with Crippen molar-refractivity contribution in [3.05, 3.63) is 74.1 Å². The Morgan fingerprint density at radius 1 is 1.13 bits per heavy atom. The summed E-state index contributed by atoms with van der Waals surface area (Å²) in [6, 6.07) is 11.4. The lowest BCUT2D eigenvalue weighted by Crippen LogP contribution is -2.21. The zero-order valence-electron chi connectivity index (χ0n) is 12.0. The van der Waals surface area contributed by atoms with E-state index in [-0.39, 0.29) is 5.56 Å². The van der Waals surface area contributed by atoms with Gasteiger partial charge in [0.2, 0.25) is 0 Å². The van der Waals surface area contributed by atoms with E-state index in [0.717, 1.165) is 5.56 Å². The van der Waals surface area contributed by atoms with E-state index in [4.69, 9.17) is 27.6 Å². The second kappa shape index (κ2) is 6.07. The lowest BCUT2D eigenvalue weighted by atomic mass is 10.1. The van der Waals surface area contributed by atoms with Crippen LogP contribution in [0.5, 0.6) is 0 Å². The van der Waals surface area contributed by atoms with Gasteiger partial charge >= 0.3 is 5.63 Å². The van der Waals surface area contributed by atoms with E-state index in [2.05, 4.69) is 5.32 Å². The van der Waals surface area contributed by atoms with Crippen molar-refractivity contribution >= 4 is 45.8 Å². The van der Waals surface area contributed by atoms with Crippen LogP contribution in [0.2, 0.25) is 10.0 Å². The molecule has 1 amide bonds. The van der Waals surface area contributed by atoms with Gasteiger partial charge in [0, 0.05) is 21.1 Å². The molecule has 0 saturated heterocycles. The standard InChI is InChI=1S/C17H11Cl2NO3/c1-9-13(19)3-2-4-14(9)20-16(21)12-8-10-7-11(18)5-6-15(10)23-17(12)22/h2-8H,1H3,(H,20,21). The minimum Gasteiger partial charge on any atom is -0.422 e. The molecule has 0 radical (unpaired) electrons. The highest BCUT2D eigenvalue weighted by molar-refractivity contribution is 6.32. The van der Waals surface area contributed by atoms with Crippen LogP contribution in [0.25, 0.3) is 11.0 Å². The SMILES string of the molecule is Cc1c(Cl)cccc1NC(=O)c1cc2cc(Cl)ccc2oc1=O. The van der Waals surface area contributed by atoms with Gasteiger partial charge in [-0.3, -0.25) is 4.79 Å². The molecule has 0 saturated carbocycles. The maximum Gasteiger partial charge on any atom is 0.349 e. The minimum absolute atomic E-state index is 0.0980. The Hall–Kier alpha value is -2.30. The summed E-state index contributed by atoms with van der Waals surface area (Å²) in [5.74, 6) is -0.564. The van der Waals surface area contributed by atoms with Crippen molar-refractivity contribution in [3.8, 4) is 0 Å². The molecule has 4 nitrogen and oxygen atoms in total. The molecular formula is C17H11Cl2NO3. The molecule has 0 spiro atoms. The van der Waals surface area contributed by atoms with Crippen LogP contribution in [0.3, 0.4) is 0 Å². The monoisotopic (exact) mass is 347 g/mol. The largest absolute Gasteiger partial charge is 0.422 e. The zero-order chi connectivity index (χ0) is 16.6. The van der Waals surface area contributed by atoms with Crippen LogP contribution in [-0.2, 0) is 0 Å². The second-order valence-electron chi connectivity index (χ2n) is 5.00. The Labute approximate surface area is 141 Å². The van der Waals surface area contributed by atoms with E-state index >= 15 is 0 Å². The first-order valence-corrected chi connectivity index (χ1v) is 7.51. The Morgan fingerprint density at radius 3 is 2.70 bits per heavy atom. The third-order valence-electron chi connectivity index (χ3n) is 3.45. The molecule has 0 aliphatic carbocycles. The highest BCUT2D eigenvalue weighted by Crippen LogP contribution is 2.24. The lowest BCUT2D eigenvalue weighted by Gasteiger charge is -2.09. The van der Waals surface area contributed by atoms with Gasteiger partial charge in [-0.1, -0.05) is 29.3 Å². The van der Waals surface area contributed by atoms with Gasteiger partial charge in [-0.05, 0) is 48.9 Å². The van der Waals surface area contributed by atoms with Gasteiger partial charge in [0.15, 0.2) is 0 Å². The molecule has 6 heteroatoms. The fraction of sp³-hybridized carbons (Fsp3) is 0.0588. The van der Waals surface area contributed by atoms with E-state index in [9.17, 15) is 9.59 Å². The molecule has 1 N–H and O–H groups in total. The topological polar surface area (TPSA) is 59.3 Å². The van der Waals surface area contributed by atoms with Gasteiger partial charge in [-0.2, -0.15) is 0 Å². The van der Waals surface area contributed by atoms with E-state index in [0.29, 0.717) is 26.7 Å². The molecule has 0 bridgehead atoms. The Morgan fingerprint density at radius 2 is 1.91 bits per heavy atom. The van der Waals surface area contributed by atoms with Gasteiger partial charge in [0.05, 0.1) is 0 Å². The lowest BCUT2D eigenvalue weighted by molar-refractivity contribution is 0.102. The molecule has 23 heavy (non-hydrogen) atoms. The highest BCUT2D eigenvalue weighted by Gasteiger charge is 2.15. The first kappa shape index (κ1) is 15.6. The molecule has 1 heterocycles. The molecule has 1 aromatic heterocycles. The van der Waals surface area contributed by atoms with Crippen molar-refractivity contribution in [3.63, 3.8) is 0 Å². The molecule has 0 aliphatic rings. The number of carbonyl (C=O) groups excluding carboxylic acids is 1. The number of benzene rings is 2. The average molecular weight is 348 g/mol. The minimum atomic E-state index is -0.711. The Balaban J connectivity index is 2.02. The molecule has 3 aromatic rings. The molecule has 0 aliphatic heterocycles. The van der Waals surface area contributed by atoms with Crippen molar-refractivity contribution in [2.75, 3.05) is 5.32 Å². The third-order valence-corrected chi connectivity index (χ3v) is 4.10. The van der Waals surface area contributed by atoms with Gasteiger partial charge in [0.1, 0.15) is 11.1 Å². The van der Waals surface area contributed by atoms with Crippen LogP contribution in [0, 0.1) is 6.92 Å². The van der Waals surface area contributed by atoms with Crippen LogP contribution >= 0.6 is 23.2 Å². The summed E-state index contributed by atoms with van der Waals surface area (Å²) in [7, 11) is 0. The maximum absolute atomic E-state index is 12.4. The van der Waals surface area contributed by atoms with Gasteiger partial charge in [-0.15, -0.1) is 0 Å². The number of rotatable bonds is 2. The molecule has 0 fully saturated rings. The average Bonchev–Trinajstić information content (AvgIpc) is 2.51. The molecule has 0 atom stereocenters. The number of hydrogen-bond donors (Lipinski definition) is 1. The molecule has 116 valence electrons. The summed E-state index contributed by atoms with van der Waals surface area (Å²) in [5, 5.41) is 4.26. The molecule has 0 unspecified atom stereocenters. The number of fused-ring (bicyclic) bond motifs is 1. The van der Waals surface area contributed by atoms with E-state index < -0.39 is 11.5 Å². The van der Waals surface area contributed by atoms with Gasteiger partial charge < -0.3 is 9.73 Å². The predicted octanol–water partition coefficient (Wildman–Crippen LogP) is 4.66. The van der Waals surface area contributed by atoms with Gasteiger partial charge in [-0.25, -0.2) is 4.79 Å². The van der Waals surface area contributed by atoms with Crippen molar-refractivity contribution in [1.29, 1.82) is 0 Å². The summed E-state index contributed by atoms with van der Waals surface area (Å²) in [4.78, 5) is 24.4. The number of amides is 1. The van der Waals surface area contributed by atoms with Crippen LogP contribution < -0.4 is 10.9 Å². The van der Waals surface area contributed by atoms with Crippen LogP contribution in [0.1, 0.15) is 15.9 Å². The summed E-state index contributed by atoms with van der Waals surface area (Å²) in [5.41, 5.74) is 0.815. The second-order valence-corrected chi connectivity index (χ2v) is 5.84. The number of anilines is 1. The normalized spacial score (nSPS) is 10.7. The van der Waals surface area contributed by atoms with E-state index in [1.807, 2.05) is 0 Å². The third kappa shape index (κ3) is 3.09. The fourth-order valence-electron chi connectivity index (χ4n) is 2.19. The highest BCUT2D eigenvalue weighted by atomic mass is 35.5. The van der Waals surface area contributed by atoms with Crippen molar-refractivity contribution in [1.82, 2.24) is 0 Å². The summed E-state index contributed by atoms with van der Waals surface area (Å²) in [6.07, 6.45) is 0. The van der Waals surface area contributed by atoms with Crippen molar-refractivity contribution in [2.45, 2.75) is 6.92 Å². The first-order chi connectivity index (χ1) is 11.0. The predicted molar refractivity (Wildman–Crippen MR) is 91.6 cm³/mol. The Bertz CT molecular complexity index is 979. The zero-order valence-corrected chi connectivity index (χ0v) is 13.5. The summed E-state index contributed by atoms with van der Waals surface area (Å²) < 4.78 is 5.16. The number of nitrogens with one attached hydrogen (secondary N) is 1. The first-order valence-electron chi connectivity index (χ1n) is 6.75. The van der Waals surface area contributed by atoms with E-state index in [1.165, 1.54) is 6.07 Å². The number of hydrogen-bond acceptors (Lipinski definition) is 3. The van der Waals surface area contributed by atoms with Crippen LogP contribution in [-0.4, -0.2) is 5.91 Å². The number of halogens is 2. The fourth-order valence-corrected chi connectivity index (χ4v) is 2.54.